The van der Waals surface area contributed by atoms with Crippen molar-refractivity contribution in [3.05, 3.63) is 52.6 Å². The van der Waals surface area contributed by atoms with Gasteiger partial charge in [0.25, 0.3) is 12.9 Å². The number of anilines is 1. The van der Waals surface area contributed by atoms with Crippen LogP contribution >= 0.6 is 0 Å². The Balaban J connectivity index is 1.81. The average Bonchev–Trinajstić information content (AvgIpc) is 2.82. The number of rotatable bonds is 9. The molecular formula is C25H26F5N5O3. The summed E-state index contributed by atoms with van der Waals surface area (Å²) in [5.74, 6) is -0.872. The maximum absolute atomic E-state index is 14.8. The molecule has 1 N–H and O–H groups in total. The van der Waals surface area contributed by atoms with Crippen molar-refractivity contribution in [1.82, 2.24) is 19.9 Å². The normalized spacial score (nSPS) is 15.6. The second kappa shape index (κ2) is 10.6. The first kappa shape index (κ1) is 27.4. The van der Waals surface area contributed by atoms with Crippen LogP contribution < -0.4 is 10.1 Å². The maximum atomic E-state index is 14.8. The number of hydrogen-bond acceptors (Lipinski definition) is 7. The molecule has 1 saturated heterocycles. The number of alkyl halides is 4. The Kier molecular flexibility index (Phi) is 7.68. The molecule has 38 heavy (non-hydrogen) atoms. The lowest BCUT2D eigenvalue weighted by Gasteiger charge is -2.49. The van der Waals surface area contributed by atoms with E-state index in [1.54, 1.807) is 19.9 Å². The van der Waals surface area contributed by atoms with Gasteiger partial charge in [0.15, 0.2) is 12.3 Å². The molecule has 1 aliphatic rings. The number of nitrogens with zero attached hydrogens (tertiary/aromatic N) is 4. The van der Waals surface area contributed by atoms with Gasteiger partial charge in [0.1, 0.15) is 23.1 Å². The van der Waals surface area contributed by atoms with Crippen molar-refractivity contribution in [1.29, 1.82) is 0 Å². The molecule has 1 aromatic carbocycles. The number of hydrogen-bond donors (Lipinski definition) is 1. The van der Waals surface area contributed by atoms with Gasteiger partial charge in [-0.05, 0) is 19.9 Å². The molecule has 0 aliphatic carbocycles. The number of methoxy groups -OCH3 is 1. The number of pyridine rings is 1. The minimum absolute atomic E-state index is 0.00161. The zero-order valence-corrected chi connectivity index (χ0v) is 21.1. The van der Waals surface area contributed by atoms with E-state index in [4.69, 9.17) is 9.47 Å². The third-order valence-electron chi connectivity index (χ3n) is 6.44. The Morgan fingerprint density at radius 3 is 2.45 bits per heavy atom. The van der Waals surface area contributed by atoms with Gasteiger partial charge in [-0.2, -0.15) is 4.98 Å². The van der Waals surface area contributed by atoms with Gasteiger partial charge >= 0.3 is 0 Å². The predicted octanol–water partition coefficient (Wildman–Crippen LogP) is 4.93. The molecule has 8 nitrogen and oxygen atoms in total. The number of carbonyl (C=O) groups excluding carboxylic acids is 1. The number of likely N-dealkylation sites (tertiary alicyclic amines) is 1. The number of carbonyl (C=O) groups is 1. The molecule has 3 heterocycles. The standard InChI is InChI=1S/C25H26F5N5O3/c1-12(15-6-5-7-16(20(15)28)21(29)30)31-22-17-8-18(25(37-4)10-35(11-25)14(3)36)24(38-9-19(26)27)34-23(17)33-13(2)32-22/h5-8,12,19,21H,9-11H2,1-4H3,(H,31,32,33,34)/t12-/m1/s1. The van der Waals surface area contributed by atoms with Crippen LogP contribution in [0, 0.1) is 12.7 Å². The number of ether oxygens (including phenoxy) is 2. The molecule has 2 aromatic heterocycles. The molecule has 1 amide bonds. The lowest BCUT2D eigenvalue weighted by atomic mass is 9.85. The first-order valence-electron chi connectivity index (χ1n) is 11.7. The average molecular weight is 540 g/mol. The molecule has 3 aromatic rings. The zero-order valence-electron chi connectivity index (χ0n) is 21.1. The largest absolute Gasteiger partial charge is 0.471 e. The summed E-state index contributed by atoms with van der Waals surface area (Å²) in [5.41, 5.74) is -1.39. The Bertz CT molecular complexity index is 1350. The number of halogens is 5. The van der Waals surface area contributed by atoms with E-state index in [1.807, 2.05) is 0 Å². The van der Waals surface area contributed by atoms with Crippen LogP contribution in [0.3, 0.4) is 0 Å². The van der Waals surface area contributed by atoms with E-state index in [0.717, 1.165) is 6.07 Å². The van der Waals surface area contributed by atoms with Gasteiger partial charge < -0.3 is 19.7 Å². The maximum Gasteiger partial charge on any atom is 0.272 e. The molecule has 0 spiro atoms. The van der Waals surface area contributed by atoms with Gasteiger partial charge in [0.05, 0.1) is 35.6 Å². The lowest BCUT2D eigenvalue weighted by Crippen LogP contribution is -2.61. The van der Waals surface area contributed by atoms with Crippen molar-refractivity contribution >= 4 is 22.8 Å². The van der Waals surface area contributed by atoms with Crippen LogP contribution in [0.2, 0.25) is 0 Å². The van der Waals surface area contributed by atoms with Gasteiger partial charge in [0, 0.05) is 19.6 Å². The molecule has 204 valence electrons. The molecular weight excluding hydrogens is 513 g/mol. The third-order valence-corrected chi connectivity index (χ3v) is 6.44. The van der Waals surface area contributed by atoms with Crippen LogP contribution in [0.5, 0.6) is 5.88 Å². The molecule has 13 heteroatoms. The summed E-state index contributed by atoms with van der Waals surface area (Å²) in [6, 6.07) is 4.53. The van der Waals surface area contributed by atoms with E-state index in [2.05, 4.69) is 20.3 Å². The fraction of sp³-hybridized carbons (Fsp3) is 0.440. The van der Waals surface area contributed by atoms with E-state index in [1.165, 1.54) is 31.1 Å². The van der Waals surface area contributed by atoms with Crippen LogP contribution in [0.4, 0.5) is 27.8 Å². The highest BCUT2D eigenvalue weighted by atomic mass is 19.3. The highest BCUT2D eigenvalue weighted by molar-refractivity contribution is 5.88. The summed E-state index contributed by atoms with van der Waals surface area (Å²) in [5, 5.41) is 3.37. The number of fused-ring (bicyclic) bond motifs is 1. The number of nitrogens with one attached hydrogen (secondary N) is 1. The molecule has 0 bridgehead atoms. The molecule has 1 atom stereocenters. The quantitative estimate of drug-likeness (QED) is 0.386. The minimum atomic E-state index is -2.98. The molecule has 0 unspecified atom stereocenters. The van der Waals surface area contributed by atoms with E-state index in [0.29, 0.717) is 10.9 Å². The number of amides is 1. The van der Waals surface area contributed by atoms with Crippen molar-refractivity contribution in [2.75, 3.05) is 32.1 Å². The second-order valence-electron chi connectivity index (χ2n) is 9.02. The van der Waals surface area contributed by atoms with Crippen molar-refractivity contribution in [2.45, 2.75) is 45.3 Å². The van der Waals surface area contributed by atoms with E-state index >= 15 is 0 Å². The van der Waals surface area contributed by atoms with Crippen molar-refractivity contribution in [3.63, 3.8) is 0 Å². The zero-order chi connectivity index (χ0) is 27.8. The first-order chi connectivity index (χ1) is 18.0. The smallest absolute Gasteiger partial charge is 0.272 e. The van der Waals surface area contributed by atoms with Gasteiger partial charge in [-0.1, -0.05) is 18.2 Å². The summed E-state index contributed by atoms with van der Waals surface area (Å²) in [7, 11) is 1.42. The molecule has 4 rings (SSSR count). The summed E-state index contributed by atoms with van der Waals surface area (Å²) >= 11 is 0. The number of aromatic nitrogens is 3. The molecule has 0 radical (unpaired) electrons. The second-order valence-corrected chi connectivity index (χ2v) is 9.02. The highest BCUT2D eigenvalue weighted by Gasteiger charge is 2.48. The molecule has 0 saturated carbocycles. The monoisotopic (exact) mass is 539 g/mol. The van der Waals surface area contributed by atoms with Crippen molar-refractivity contribution in [2.24, 2.45) is 0 Å². The number of benzene rings is 1. The Labute approximate surface area is 215 Å². The van der Waals surface area contributed by atoms with E-state index in [9.17, 15) is 26.7 Å². The lowest BCUT2D eigenvalue weighted by molar-refractivity contribution is -0.163. The summed E-state index contributed by atoms with van der Waals surface area (Å²) in [6.07, 6.45) is -5.75. The van der Waals surface area contributed by atoms with Gasteiger partial charge in [-0.15, -0.1) is 0 Å². The van der Waals surface area contributed by atoms with Gasteiger partial charge in [-0.25, -0.2) is 31.9 Å². The molecule has 1 aliphatic heterocycles. The first-order valence-corrected chi connectivity index (χ1v) is 11.7. The summed E-state index contributed by atoms with van der Waals surface area (Å²) in [6.45, 7) is 3.90. The Hall–Kier alpha value is -3.61. The van der Waals surface area contributed by atoms with E-state index < -0.39 is 42.5 Å². The van der Waals surface area contributed by atoms with Crippen molar-refractivity contribution in [3.8, 4) is 5.88 Å². The van der Waals surface area contributed by atoms with E-state index in [-0.39, 0.29) is 47.7 Å². The van der Waals surface area contributed by atoms with Gasteiger partial charge in [0.2, 0.25) is 11.8 Å². The highest BCUT2D eigenvalue weighted by Crippen LogP contribution is 2.42. The SMILES string of the molecule is COC1(c2cc3c(N[C@H](C)c4cccc(C(F)F)c4F)nc(C)nc3nc2OCC(F)F)CN(C(C)=O)C1. The molecule has 1 fully saturated rings. The van der Waals surface area contributed by atoms with Crippen LogP contribution in [0.15, 0.2) is 24.3 Å². The summed E-state index contributed by atoms with van der Waals surface area (Å²) in [4.78, 5) is 26.4. The fourth-order valence-electron chi connectivity index (χ4n) is 4.39. The van der Waals surface area contributed by atoms with Crippen LogP contribution in [-0.4, -0.2) is 59.0 Å². The predicted molar refractivity (Wildman–Crippen MR) is 128 cm³/mol. The van der Waals surface area contributed by atoms with Crippen LogP contribution in [0.1, 0.15) is 48.8 Å². The number of aryl methyl sites for hydroxylation is 1. The fourth-order valence-corrected chi connectivity index (χ4v) is 4.39. The van der Waals surface area contributed by atoms with Gasteiger partial charge in [-0.3, -0.25) is 4.79 Å². The van der Waals surface area contributed by atoms with Crippen LogP contribution in [-0.2, 0) is 15.1 Å². The Morgan fingerprint density at radius 1 is 1.16 bits per heavy atom. The van der Waals surface area contributed by atoms with Crippen molar-refractivity contribution < 1.29 is 36.2 Å². The minimum Gasteiger partial charge on any atom is -0.471 e. The third kappa shape index (κ3) is 5.19. The topological polar surface area (TPSA) is 89.5 Å². The summed E-state index contributed by atoms with van der Waals surface area (Å²) < 4.78 is 78.3. The Morgan fingerprint density at radius 2 is 1.84 bits per heavy atom. The van der Waals surface area contributed by atoms with Crippen LogP contribution in [0.25, 0.3) is 11.0 Å².